The number of thioether (sulfide) groups is 1. The number of nitrogens with one attached hydrogen (secondary N) is 1. The first-order chi connectivity index (χ1) is 9.11. The van der Waals surface area contributed by atoms with Crippen molar-refractivity contribution in [1.29, 1.82) is 0 Å². The van der Waals surface area contributed by atoms with Crippen molar-refractivity contribution in [1.82, 2.24) is 15.1 Å². The van der Waals surface area contributed by atoms with Crippen LogP contribution >= 0.6 is 39.3 Å². The molecule has 0 aliphatic carbocycles. The van der Waals surface area contributed by atoms with Crippen LogP contribution in [0.5, 0.6) is 0 Å². The van der Waals surface area contributed by atoms with Crippen LogP contribution in [0.1, 0.15) is 11.7 Å². The van der Waals surface area contributed by atoms with Gasteiger partial charge in [0.2, 0.25) is 0 Å². The molecule has 6 heteroatoms. The topological polar surface area (TPSA) is 29.9 Å². The molecule has 0 radical (unpaired) electrons. The predicted octanol–water partition coefficient (Wildman–Crippen LogP) is 3.89. The van der Waals surface area contributed by atoms with Crippen LogP contribution in [0.4, 0.5) is 0 Å². The highest BCUT2D eigenvalue weighted by Crippen LogP contribution is 2.29. The zero-order valence-electron chi connectivity index (χ0n) is 10.7. The third-order valence-corrected chi connectivity index (χ3v) is 4.81. The fraction of sp³-hybridized carbons (Fsp3) is 0.308. The van der Waals surface area contributed by atoms with E-state index in [2.05, 4.69) is 26.3 Å². The average molecular weight is 361 g/mol. The second-order valence-corrected chi connectivity index (χ2v) is 6.49. The van der Waals surface area contributed by atoms with Gasteiger partial charge in [-0.1, -0.05) is 11.6 Å². The Bertz CT molecular complexity index is 522. The van der Waals surface area contributed by atoms with Gasteiger partial charge in [-0.3, -0.25) is 4.68 Å². The molecule has 102 valence electrons. The van der Waals surface area contributed by atoms with E-state index in [9.17, 15) is 0 Å². The summed E-state index contributed by atoms with van der Waals surface area (Å²) in [4.78, 5) is 1.21. The second kappa shape index (κ2) is 6.79. The summed E-state index contributed by atoms with van der Waals surface area (Å²) in [5, 5.41) is 8.35. The SMILES string of the molecule is CNC(CSc1ccc(Cl)cc1)c1c(Br)cnn1C. The van der Waals surface area contributed by atoms with E-state index >= 15 is 0 Å². The normalized spacial score (nSPS) is 12.6. The lowest BCUT2D eigenvalue weighted by atomic mass is 10.2. The van der Waals surface area contributed by atoms with Crippen molar-refractivity contribution in [3.63, 3.8) is 0 Å². The van der Waals surface area contributed by atoms with Crippen molar-refractivity contribution < 1.29 is 0 Å². The first-order valence-electron chi connectivity index (χ1n) is 5.85. The number of benzene rings is 1. The largest absolute Gasteiger partial charge is 0.311 e. The summed E-state index contributed by atoms with van der Waals surface area (Å²) in [7, 11) is 3.92. The molecule has 1 N–H and O–H groups in total. The minimum absolute atomic E-state index is 0.238. The van der Waals surface area contributed by atoms with Gasteiger partial charge in [0.05, 0.1) is 22.4 Å². The lowest BCUT2D eigenvalue weighted by Gasteiger charge is -2.17. The van der Waals surface area contributed by atoms with E-state index in [0.29, 0.717) is 0 Å². The van der Waals surface area contributed by atoms with Crippen molar-refractivity contribution in [3.8, 4) is 0 Å². The van der Waals surface area contributed by atoms with Crippen molar-refractivity contribution >= 4 is 39.3 Å². The Morgan fingerprint density at radius 3 is 2.63 bits per heavy atom. The Morgan fingerprint density at radius 1 is 1.42 bits per heavy atom. The smallest absolute Gasteiger partial charge is 0.0700 e. The van der Waals surface area contributed by atoms with Crippen molar-refractivity contribution in [2.24, 2.45) is 7.05 Å². The lowest BCUT2D eigenvalue weighted by molar-refractivity contribution is 0.583. The molecular formula is C13H15BrClN3S. The van der Waals surface area contributed by atoms with Crippen LogP contribution in [0.2, 0.25) is 5.02 Å². The molecule has 19 heavy (non-hydrogen) atoms. The molecule has 1 unspecified atom stereocenters. The van der Waals surface area contributed by atoms with Crippen LogP contribution in [-0.2, 0) is 7.05 Å². The molecular weight excluding hydrogens is 346 g/mol. The van der Waals surface area contributed by atoms with Crippen molar-refractivity contribution in [2.45, 2.75) is 10.9 Å². The van der Waals surface area contributed by atoms with Gasteiger partial charge in [-0.15, -0.1) is 11.8 Å². The summed E-state index contributed by atoms with van der Waals surface area (Å²) in [6.07, 6.45) is 1.83. The van der Waals surface area contributed by atoms with Crippen molar-refractivity contribution in [3.05, 3.63) is 45.7 Å². The van der Waals surface area contributed by atoms with Crippen LogP contribution < -0.4 is 5.32 Å². The van der Waals surface area contributed by atoms with Gasteiger partial charge in [0.25, 0.3) is 0 Å². The molecule has 0 bridgehead atoms. The van der Waals surface area contributed by atoms with Crippen LogP contribution in [-0.4, -0.2) is 22.6 Å². The zero-order chi connectivity index (χ0) is 13.8. The summed E-state index contributed by atoms with van der Waals surface area (Å²) in [6, 6.07) is 8.15. The van der Waals surface area contributed by atoms with Crippen LogP contribution in [0.3, 0.4) is 0 Å². The molecule has 0 spiro atoms. The number of aryl methyl sites for hydroxylation is 1. The number of rotatable bonds is 5. The molecule has 0 aliphatic rings. The highest BCUT2D eigenvalue weighted by Gasteiger charge is 2.17. The molecule has 0 amide bonds. The highest BCUT2D eigenvalue weighted by atomic mass is 79.9. The van der Waals surface area contributed by atoms with Gasteiger partial charge < -0.3 is 5.32 Å². The fourth-order valence-electron chi connectivity index (χ4n) is 1.82. The van der Waals surface area contributed by atoms with Crippen LogP contribution in [0, 0.1) is 0 Å². The third kappa shape index (κ3) is 3.75. The van der Waals surface area contributed by atoms with Crippen LogP contribution in [0.15, 0.2) is 39.8 Å². The van der Waals surface area contributed by atoms with E-state index in [-0.39, 0.29) is 6.04 Å². The Morgan fingerprint density at radius 2 is 2.11 bits per heavy atom. The van der Waals surface area contributed by atoms with Gasteiger partial charge in [-0.25, -0.2) is 0 Å². The Labute approximate surface area is 130 Å². The molecule has 0 fully saturated rings. The minimum Gasteiger partial charge on any atom is -0.311 e. The van der Waals surface area contributed by atoms with Gasteiger partial charge in [0, 0.05) is 22.7 Å². The summed E-state index contributed by atoms with van der Waals surface area (Å²) < 4.78 is 2.93. The molecule has 2 rings (SSSR count). The summed E-state index contributed by atoms with van der Waals surface area (Å²) in [5.41, 5.74) is 1.16. The van der Waals surface area contributed by atoms with E-state index in [1.54, 1.807) is 11.8 Å². The molecule has 1 aromatic heterocycles. The standard InChI is InChI=1S/C13H15BrClN3S/c1-16-12(13-11(14)7-17-18(13)2)8-19-10-5-3-9(15)4-6-10/h3-7,12,16H,8H2,1-2H3. The van der Waals surface area contributed by atoms with E-state index in [1.165, 1.54) is 4.90 Å². The zero-order valence-corrected chi connectivity index (χ0v) is 13.9. The molecule has 3 nitrogen and oxygen atoms in total. The van der Waals surface area contributed by atoms with Crippen molar-refractivity contribution in [2.75, 3.05) is 12.8 Å². The number of aromatic nitrogens is 2. The molecule has 0 saturated heterocycles. The summed E-state index contributed by atoms with van der Waals surface area (Å²) in [5.74, 6) is 0.927. The van der Waals surface area contributed by atoms with Gasteiger partial charge >= 0.3 is 0 Å². The van der Waals surface area contributed by atoms with E-state index in [0.717, 1.165) is 20.9 Å². The Kier molecular flexibility index (Phi) is 5.33. The molecule has 0 aliphatic heterocycles. The van der Waals surface area contributed by atoms with E-state index in [1.807, 2.05) is 49.2 Å². The molecule has 1 aromatic carbocycles. The van der Waals surface area contributed by atoms with Gasteiger partial charge in [-0.2, -0.15) is 5.10 Å². The third-order valence-electron chi connectivity index (χ3n) is 2.85. The van der Waals surface area contributed by atoms with Gasteiger partial charge in [0.1, 0.15) is 0 Å². The lowest BCUT2D eigenvalue weighted by Crippen LogP contribution is -2.22. The maximum atomic E-state index is 5.89. The van der Waals surface area contributed by atoms with Gasteiger partial charge in [-0.05, 0) is 47.2 Å². The van der Waals surface area contributed by atoms with Crippen LogP contribution in [0.25, 0.3) is 0 Å². The first kappa shape index (κ1) is 14.9. The summed E-state index contributed by atoms with van der Waals surface area (Å²) >= 11 is 11.2. The maximum Gasteiger partial charge on any atom is 0.0700 e. The van der Waals surface area contributed by atoms with E-state index < -0.39 is 0 Å². The second-order valence-electron chi connectivity index (χ2n) is 4.11. The Balaban J connectivity index is 2.06. The molecule has 1 heterocycles. The number of hydrogen-bond acceptors (Lipinski definition) is 3. The summed E-state index contributed by atoms with van der Waals surface area (Å²) in [6.45, 7) is 0. The quantitative estimate of drug-likeness (QED) is 0.820. The predicted molar refractivity (Wildman–Crippen MR) is 84.9 cm³/mol. The first-order valence-corrected chi connectivity index (χ1v) is 8.00. The monoisotopic (exact) mass is 359 g/mol. The fourth-order valence-corrected chi connectivity index (χ4v) is 3.58. The minimum atomic E-state index is 0.238. The highest BCUT2D eigenvalue weighted by molar-refractivity contribution is 9.10. The molecule has 2 aromatic rings. The van der Waals surface area contributed by atoms with E-state index in [4.69, 9.17) is 11.6 Å². The molecule has 0 saturated carbocycles. The number of halogens is 2. The number of nitrogens with zero attached hydrogens (tertiary/aromatic N) is 2. The van der Waals surface area contributed by atoms with Gasteiger partial charge in [0.15, 0.2) is 0 Å². The number of hydrogen-bond donors (Lipinski definition) is 1. The Hall–Kier alpha value is -0.490. The average Bonchev–Trinajstić information content (AvgIpc) is 2.73. The maximum absolute atomic E-state index is 5.89. The molecule has 1 atom stereocenters.